The highest BCUT2D eigenvalue weighted by atomic mass is 35.5. The van der Waals surface area contributed by atoms with Crippen LogP contribution in [0.3, 0.4) is 0 Å². The Balaban J connectivity index is 1.55. The topological polar surface area (TPSA) is 180 Å². The summed E-state index contributed by atoms with van der Waals surface area (Å²) in [7, 11) is -2.55. The van der Waals surface area contributed by atoms with Gasteiger partial charge in [-0.25, -0.2) is 44.8 Å². The van der Waals surface area contributed by atoms with E-state index in [4.69, 9.17) is 22.1 Å². The van der Waals surface area contributed by atoms with Crippen LogP contribution in [0.25, 0.3) is 16.8 Å². The largest absolute Gasteiger partial charge is 0.447 e. The summed E-state index contributed by atoms with van der Waals surface area (Å²) in [6, 6.07) is 5.67. The maximum Gasteiger partial charge on any atom is 0.407 e. The molecule has 3 N–H and O–H groups in total. The molecule has 1 fully saturated rings. The molecule has 21 heteroatoms. The van der Waals surface area contributed by atoms with Crippen molar-refractivity contribution in [1.82, 2.24) is 34.2 Å². The van der Waals surface area contributed by atoms with Gasteiger partial charge in [-0.2, -0.15) is 14.3 Å². The van der Waals surface area contributed by atoms with Gasteiger partial charge in [-0.05, 0) is 42.7 Å². The molecule has 1 atom stereocenters. The third kappa shape index (κ3) is 7.39. The second-order valence-corrected chi connectivity index (χ2v) is 13.3. The van der Waals surface area contributed by atoms with E-state index in [2.05, 4.69) is 25.5 Å². The number of nitrogens with zero attached hydrogens (tertiary/aromatic N) is 7. The molecule has 1 saturated carbocycles. The zero-order chi connectivity index (χ0) is 36.5. The van der Waals surface area contributed by atoms with Gasteiger partial charge in [0, 0.05) is 23.7 Å². The molecular formula is C29H27ClF5N9O5S. The number of amides is 2. The van der Waals surface area contributed by atoms with Gasteiger partial charge < -0.3 is 15.8 Å². The number of alkyl carbamates (subject to hydrolysis) is 1. The first-order valence-corrected chi connectivity index (χ1v) is 16.6. The van der Waals surface area contributed by atoms with E-state index in [-0.39, 0.29) is 45.8 Å². The lowest BCUT2D eigenvalue weighted by atomic mass is 10.0. The molecule has 0 aliphatic heterocycles. The average Bonchev–Trinajstić information content (AvgIpc) is 3.43. The highest BCUT2D eigenvalue weighted by Crippen LogP contribution is 2.41. The normalized spacial score (nSPS) is 14.9. The number of aliphatic imine (C=N–C) groups is 1. The smallest absolute Gasteiger partial charge is 0.407 e. The second-order valence-electron chi connectivity index (χ2n) is 11.1. The van der Waals surface area contributed by atoms with Crippen molar-refractivity contribution < 1.29 is 44.7 Å². The van der Waals surface area contributed by atoms with Crippen molar-refractivity contribution in [1.29, 1.82) is 0 Å². The number of guanidine groups is 1. The van der Waals surface area contributed by atoms with Crippen molar-refractivity contribution in [3.05, 3.63) is 82.9 Å². The highest BCUT2D eigenvalue weighted by molar-refractivity contribution is 7.89. The van der Waals surface area contributed by atoms with E-state index in [0.717, 1.165) is 40.6 Å². The molecule has 2 heterocycles. The minimum atomic E-state index is -3.77. The zero-order valence-corrected chi connectivity index (χ0v) is 27.5. The number of halogens is 6. The molecule has 266 valence electrons. The molecule has 2 aromatic heterocycles. The molecule has 2 aromatic carbocycles. The lowest BCUT2D eigenvalue weighted by Gasteiger charge is -2.31. The summed E-state index contributed by atoms with van der Waals surface area (Å²) < 4.78 is 100. The third-order valence-electron chi connectivity index (χ3n) is 7.72. The minimum Gasteiger partial charge on any atom is -0.447 e. The summed E-state index contributed by atoms with van der Waals surface area (Å²) in [5, 5.41) is 9.56. The molecule has 0 saturated heterocycles. The summed E-state index contributed by atoms with van der Waals surface area (Å²) >= 11 is 6.33. The number of benzene rings is 2. The first-order valence-electron chi connectivity index (χ1n) is 14.4. The Morgan fingerprint density at radius 3 is 2.46 bits per heavy atom. The number of hydrogen-bond donors (Lipinski definition) is 2. The van der Waals surface area contributed by atoms with Crippen molar-refractivity contribution in [3.8, 4) is 16.8 Å². The van der Waals surface area contributed by atoms with Gasteiger partial charge in [0.2, 0.25) is 0 Å². The van der Waals surface area contributed by atoms with Crippen LogP contribution in [0.5, 0.6) is 0 Å². The van der Waals surface area contributed by atoms with Gasteiger partial charge >= 0.3 is 6.09 Å². The molecule has 2 amide bonds. The lowest BCUT2D eigenvalue weighted by molar-refractivity contribution is 0.0608. The first-order chi connectivity index (χ1) is 23.6. The van der Waals surface area contributed by atoms with E-state index in [1.807, 2.05) is 0 Å². The van der Waals surface area contributed by atoms with Crippen molar-refractivity contribution in [2.45, 2.75) is 37.3 Å². The number of nitrogens with two attached hydrogens (primary N) is 1. The van der Waals surface area contributed by atoms with Gasteiger partial charge in [0.1, 0.15) is 24.3 Å². The highest BCUT2D eigenvalue weighted by Gasteiger charge is 2.53. The van der Waals surface area contributed by atoms with E-state index < -0.39 is 70.7 Å². The number of nitrogens with one attached hydrogen (secondary N) is 1. The fourth-order valence-corrected chi connectivity index (χ4v) is 5.61. The van der Waals surface area contributed by atoms with Gasteiger partial charge in [-0.3, -0.25) is 14.7 Å². The van der Waals surface area contributed by atoms with Crippen LogP contribution in [0.2, 0.25) is 5.02 Å². The molecule has 1 aliphatic rings. The molecule has 0 radical (unpaired) electrons. The molecule has 0 unspecified atom stereocenters. The Labute approximate surface area is 285 Å². The maximum absolute atomic E-state index is 15.5. The zero-order valence-electron chi connectivity index (χ0n) is 26.0. The van der Waals surface area contributed by atoms with Crippen LogP contribution in [0.4, 0.5) is 26.7 Å². The fourth-order valence-electron chi connectivity index (χ4n) is 4.89. The monoisotopic (exact) mass is 743 g/mol. The van der Waals surface area contributed by atoms with Crippen LogP contribution in [0.1, 0.15) is 47.1 Å². The number of carbonyl (C=O) groups excluding carboxylic acids is 2. The molecule has 0 bridgehead atoms. The van der Waals surface area contributed by atoms with Crippen LogP contribution in [-0.4, -0.2) is 87.1 Å². The van der Waals surface area contributed by atoms with E-state index in [9.17, 15) is 35.6 Å². The van der Waals surface area contributed by atoms with Crippen molar-refractivity contribution in [2.75, 3.05) is 19.9 Å². The number of alkyl halides is 4. The predicted octanol–water partition coefficient (Wildman–Crippen LogP) is 4.32. The van der Waals surface area contributed by atoms with Crippen LogP contribution in [-0.2, 0) is 14.8 Å². The van der Waals surface area contributed by atoms with E-state index >= 15 is 4.39 Å². The second kappa shape index (κ2) is 14.0. The van der Waals surface area contributed by atoms with E-state index in [0.29, 0.717) is 4.09 Å². The van der Waals surface area contributed by atoms with Crippen LogP contribution < -0.4 is 11.1 Å². The standard InChI is InChI=1S/C29H27ClF5N9O5S/c1-37-27(36)43(25(45)16-3-5-18(20(31)9-16)17-11-39-42(12-17)50(2,47)48)22(13-49-28(46)41-29(7-8-29)26(34)35)15-4-6-19(30)21(10-15)44-24(23(32)33)38-14-40-44/h3-6,9-12,14,22-23,26H,7-8,13H2,1-2H3,(H2,36,37)(H,41,46)/t22-/m1/s1. The Morgan fingerprint density at radius 2 is 1.88 bits per heavy atom. The molecule has 5 rings (SSSR count). The summed E-state index contributed by atoms with van der Waals surface area (Å²) in [5.74, 6) is -3.18. The maximum atomic E-state index is 15.5. The van der Waals surface area contributed by atoms with Crippen molar-refractivity contribution in [2.24, 2.45) is 10.7 Å². The van der Waals surface area contributed by atoms with Gasteiger partial charge in [0.05, 0.1) is 35.4 Å². The molecule has 1 aliphatic carbocycles. The van der Waals surface area contributed by atoms with Crippen LogP contribution >= 0.6 is 11.6 Å². The number of rotatable bonds is 11. The van der Waals surface area contributed by atoms with Gasteiger partial charge in [0.25, 0.3) is 28.8 Å². The van der Waals surface area contributed by atoms with Crippen molar-refractivity contribution in [3.63, 3.8) is 0 Å². The van der Waals surface area contributed by atoms with Crippen molar-refractivity contribution >= 4 is 39.6 Å². The van der Waals surface area contributed by atoms with Crippen LogP contribution in [0.15, 0.2) is 60.1 Å². The predicted molar refractivity (Wildman–Crippen MR) is 168 cm³/mol. The quantitative estimate of drug-likeness (QED) is 0.129. The molecule has 0 spiro atoms. The van der Waals surface area contributed by atoms with Crippen LogP contribution in [0, 0.1) is 5.82 Å². The molecular weight excluding hydrogens is 717 g/mol. The van der Waals surface area contributed by atoms with Gasteiger partial charge in [-0.15, -0.1) is 0 Å². The van der Waals surface area contributed by atoms with Gasteiger partial charge in [0.15, 0.2) is 11.8 Å². The van der Waals surface area contributed by atoms with Gasteiger partial charge in [-0.1, -0.05) is 23.7 Å². The minimum absolute atomic E-state index is 0.00473. The Bertz CT molecular complexity index is 2070. The average molecular weight is 744 g/mol. The summed E-state index contributed by atoms with van der Waals surface area (Å²) in [5.41, 5.74) is 4.02. The lowest BCUT2D eigenvalue weighted by Crippen LogP contribution is -2.47. The first kappa shape index (κ1) is 36.2. The Kier molecular flexibility index (Phi) is 10.1. The number of ether oxygens (including phenoxy) is 1. The van der Waals surface area contributed by atoms with E-state index in [1.165, 1.54) is 37.4 Å². The fraction of sp³-hybridized carbons (Fsp3) is 0.310. The summed E-state index contributed by atoms with van der Waals surface area (Å²) in [6.07, 6.45) is -3.23. The summed E-state index contributed by atoms with van der Waals surface area (Å²) in [4.78, 5) is 35.0. The number of hydrogen-bond acceptors (Lipinski definition) is 9. The molecule has 14 nitrogen and oxygen atoms in total. The third-order valence-corrected chi connectivity index (χ3v) is 8.91. The number of carbonyl (C=O) groups is 2. The SMILES string of the molecule is CN=C(N)N(C(=O)c1ccc(-c2cnn(S(C)(=O)=O)c2)c(F)c1)[C@H](COC(=O)NC1(C(F)F)CC1)c1ccc(Cl)c(-n2ncnc2C(F)F)c1. The Morgan fingerprint density at radius 1 is 1.16 bits per heavy atom. The summed E-state index contributed by atoms with van der Waals surface area (Å²) in [6.45, 7) is -0.752. The number of aromatic nitrogens is 5. The Hall–Kier alpha value is -5.11. The van der Waals surface area contributed by atoms with E-state index in [1.54, 1.807) is 0 Å². The molecule has 4 aromatic rings. The molecule has 50 heavy (non-hydrogen) atoms.